The summed E-state index contributed by atoms with van der Waals surface area (Å²) in [5.74, 6) is 0.595. The summed E-state index contributed by atoms with van der Waals surface area (Å²) in [5.41, 5.74) is -0.143. The Bertz CT molecular complexity index is 584. The Balaban J connectivity index is 1.67. The molecule has 0 spiro atoms. The van der Waals surface area contributed by atoms with Gasteiger partial charge in [-0.3, -0.25) is 19.5 Å². The molecule has 1 amide bonds. The summed E-state index contributed by atoms with van der Waals surface area (Å²) >= 11 is 0. The molecule has 0 aromatic carbocycles. The lowest BCUT2D eigenvalue weighted by molar-refractivity contribution is 0.0402. The summed E-state index contributed by atoms with van der Waals surface area (Å²) in [7, 11) is 0. The first-order valence-corrected chi connectivity index (χ1v) is 7.86. The van der Waals surface area contributed by atoms with Crippen molar-refractivity contribution in [1.82, 2.24) is 19.8 Å². The Kier molecular flexibility index (Phi) is 4.54. The Morgan fingerprint density at radius 2 is 2.18 bits per heavy atom. The van der Waals surface area contributed by atoms with Gasteiger partial charge < -0.3 is 15.0 Å². The maximum atomic E-state index is 12.5. The van der Waals surface area contributed by atoms with Crippen LogP contribution in [0.4, 0.5) is 0 Å². The van der Waals surface area contributed by atoms with Crippen LogP contribution >= 0.6 is 0 Å². The first kappa shape index (κ1) is 15.2. The van der Waals surface area contributed by atoms with Crippen molar-refractivity contribution < 1.29 is 9.90 Å². The maximum Gasteiger partial charge on any atom is 0.272 e. The highest BCUT2D eigenvalue weighted by molar-refractivity contribution is 5.92. The van der Waals surface area contributed by atoms with Crippen LogP contribution in [0.3, 0.4) is 0 Å². The summed E-state index contributed by atoms with van der Waals surface area (Å²) < 4.78 is 0. The van der Waals surface area contributed by atoms with Crippen molar-refractivity contribution in [2.75, 3.05) is 32.8 Å². The van der Waals surface area contributed by atoms with Gasteiger partial charge in [-0.15, -0.1) is 0 Å². The average molecular weight is 306 g/mol. The van der Waals surface area contributed by atoms with Crippen molar-refractivity contribution in [3.05, 3.63) is 28.4 Å². The highest BCUT2D eigenvalue weighted by Crippen LogP contribution is 2.31. The molecule has 2 fully saturated rings. The van der Waals surface area contributed by atoms with Gasteiger partial charge in [-0.1, -0.05) is 0 Å². The van der Waals surface area contributed by atoms with E-state index >= 15 is 0 Å². The molecule has 1 atom stereocenters. The number of aromatic nitrogens is 2. The van der Waals surface area contributed by atoms with E-state index in [1.807, 2.05) is 0 Å². The third-order valence-corrected chi connectivity index (χ3v) is 4.43. The molecule has 2 N–H and O–H groups in total. The fraction of sp³-hybridized carbons (Fsp3) is 0.667. The van der Waals surface area contributed by atoms with E-state index in [4.69, 9.17) is 0 Å². The third kappa shape index (κ3) is 3.53. The standard InChI is InChI=1S/C15H22N4O3/c20-6-3-12-10-19(5-4-18(12)9-11-1-2-11)15(22)13-7-16-8-14(21)17-13/h7-8,11-12,20H,1-6,9-10H2,(H,17,21). The molecular weight excluding hydrogens is 284 g/mol. The number of carbonyl (C=O) groups is 1. The van der Waals surface area contributed by atoms with E-state index < -0.39 is 0 Å². The summed E-state index contributed by atoms with van der Waals surface area (Å²) in [6.07, 6.45) is 5.80. The molecule has 1 saturated carbocycles. The van der Waals surface area contributed by atoms with Crippen LogP contribution in [0.15, 0.2) is 17.2 Å². The molecule has 1 aromatic rings. The number of aliphatic hydroxyl groups is 1. The van der Waals surface area contributed by atoms with Crippen LogP contribution in [-0.2, 0) is 0 Å². The molecule has 1 saturated heterocycles. The molecule has 1 aromatic heterocycles. The third-order valence-electron chi connectivity index (χ3n) is 4.43. The molecule has 1 aliphatic carbocycles. The molecule has 7 nitrogen and oxygen atoms in total. The van der Waals surface area contributed by atoms with Crippen molar-refractivity contribution in [3.63, 3.8) is 0 Å². The minimum atomic E-state index is -0.370. The second-order valence-electron chi connectivity index (χ2n) is 6.17. The first-order chi connectivity index (χ1) is 10.7. The highest BCUT2D eigenvalue weighted by atomic mass is 16.3. The summed E-state index contributed by atoms with van der Waals surface area (Å²) in [6.45, 7) is 3.23. The van der Waals surface area contributed by atoms with Gasteiger partial charge in [-0.05, 0) is 25.2 Å². The topological polar surface area (TPSA) is 89.5 Å². The smallest absolute Gasteiger partial charge is 0.272 e. The second kappa shape index (κ2) is 6.58. The number of nitrogens with zero attached hydrogens (tertiary/aromatic N) is 3. The van der Waals surface area contributed by atoms with Gasteiger partial charge in [0.05, 0.1) is 12.4 Å². The maximum absolute atomic E-state index is 12.5. The SMILES string of the molecule is O=C(c1cncc(=O)[nH]1)N1CCN(CC2CC2)C(CCO)C1. The van der Waals surface area contributed by atoms with Gasteiger partial charge in [0.1, 0.15) is 5.69 Å². The fourth-order valence-electron chi connectivity index (χ4n) is 3.03. The van der Waals surface area contributed by atoms with Crippen LogP contribution in [0.5, 0.6) is 0 Å². The van der Waals surface area contributed by atoms with Crippen LogP contribution in [0.2, 0.25) is 0 Å². The van der Waals surface area contributed by atoms with E-state index in [2.05, 4.69) is 14.9 Å². The molecule has 2 aliphatic rings. The zero-order valence-electron chi connectivity index (χ0n) is 12.6. The van der Waals surface area contributed by atoms with Crippen LogP contribution in [0, 0.1) is 5.92 Å². The Morgan fingerprint density at radius 1 is 1.36 bits per heavy atom. The normalized spacial score (nSPS) is 22.8. The fourth-order valence-corrected chi connectivity index (χ4v) is 3.03. The number of aromatic amines is 1. The predicted molar refractivity (Wildman–Crippen MR) is 80.5 cm³/mol. The van der Waals surface area contributed by atoms with Gasteiger partial charge in [-0.25, -0.2) is 0 Å². The zero-order chi connectivity index (χ0) is 15.5. The van der Waals surface area contributed by atoms with E-state index in [0.717, 1.165) is 25.2 Å². The predicted octanol–water partition coefficient (Wildman–Crippen LogP) is -0.311. The Hall–Kier alpha value is -1.73. The van der Waals surface area contributed by atoms with Gasteiger partial charge in [0, 0.05) is 38.8 Å². The number of aliphatic hydroxyl groups excluding tert-OH is 1. The van der Waals surface area contributed by atoms with Gasteiger partial charge in [-0.2, -0.15) is 0 Å². The molecule has 7 heteroatoms. The lowest BCUT2D eigenvalue weighted by Crippen LogP contribution is -2.55. The zero-order valence-corrected chi connectivity index (χ0v) is 12.6. The molecular formula is C15H22N4O3. The largest absolute Gasteiger partial charge is 0.396 e. The second-order valence-corrected chi connectivity index (χ2v) is 6.17. The van der Waals surface area contributed by atoms with E-state index in [1.54, 1.807) is 4.90 Å². The van der Waals surface area contributed by atoms with Crippen LogP contribution in [0.1, 0.15) is 29.8 Å². The Labute approximate surface area is 129 Å². The van der Waals surface area contributed by atoms with Crippen molar-refractivity contribution >= 4 is 5.91 Å². The summed E-state index contributed by atoms with van der Waals surface area (Å²) in [4.78, 5) is 34.2. The number of carbonyl (C=O) groups excluding carboxylic acids is 1. The molecule has 120 valence electrons. The molecule has 22 heavy (non-hydrogen) atoms. The van der Waals surface area contributed by atoms with E-state index in [1.165, 1.54) is 19.0 Å². The number of hydrogen-bond acceptors (Lipinski definition) is 5. The van der Waals surface area contributed by atoms with Crippen LogP contribution in [0.25, 0.3) is 0 Å². The first-order valence-electron chi connectivity index (χ1n) is 7.86. The average Bonchev–Trinajstić information content (AvgIpc) is 3.32. The van der Waals surface area contributed by atoms with Crippen molar-refractivity contribution in [2.24, 2.45) is 5.92 Å². The molecule has 3 rings (SSSR count). The lowest BCUT2D eigenvalue weighted by Gasteiger charge is -2.41. The van der Waals surface area contributed by atoms with Crippen molar-refractivity contribution in [2.45, 2.75) is 25.3 Å². The van der Waals surface area contributed by atoms with Crippen molar-refractivity contribution in [3.8, 4) is 0 Å². The number of hydrogen-bond donors (Lipinski definition) is 2. The number of H-pyrrole nitrogens is 1. The molecule has 0 radical (unpaired) electrons. The molecule has 1 unspecified atom stereocenters. The van der Waals surface area contributed by atoms with Gasteiger partial charge >= 0.3 is 0 Å². The number of piperazine rings is 1. The minimum Gasteiger partial charge on any atom is -0.396 e. The number of amides is 1. The summed E-state index contributed by atoms with van der Waals surface area (Å²) in [5, 5.41) is 9.28. The minimum absolute atomic E-state index is 0.123. The van der Waals surface area contributed by atoms with E-state index in [0.29, 0.717) is 19.5 Å². The Morgan fingerprint density at radius 3 is 2.86 bits per heavy atom. The number of nitrogens with one attached hydrogen (secondary N) is 1. The lowest BCUT2D eigenvalue weighted by atomic mass is 10.1. The number of rotatable bonds is 5. The van der Waals surface area contributed by atoms with Crippen LogP contribution in [-0.4, -0.2) is 69.6 Å². The van der Waals surface area contributed by atoms with E-state index in [-0.39, 0.29) is 29.8 Å². The van der Waals surface area contributed by atoms with Crippen LogP contribution < -0.4 is 5.56 Å². The molecule has 2 heterocycles. The quantitative estimate of drug-likeness (QED) is 0.779. The van der Waals surface area contributed by atoms with Crippen molar-refractivity contribution in [1.29, 1.82) is 0 Å². The monoisotopic (exact) mass is 306 g/mol. The van der Waals surface area contributed by atoms with E-state index in [9.17, 15) is 14.7 Å². The molecule has 0 bridgehead atoms. The highest BCUT2D eigenvalue weighted by Gasteiger charge is 2.33. The summed E-state index contributed by atoms with van der Waals surface area (Å²) in [6, 6.07) is 0.187. The van der Waals surface area contributed by atoms with Gasteiger partial charge in [0.2, 0.25) is 0 Å². The molecule has 1 aliphatic heterocycles. The van der Waals surface area contributed by atoms with Gasteiger partial charge in [0.25, 0.3) is 11.5 Å². The van der Waals surface area contributed by atoms with Gasteiger partial charge in [0.15, 0.2) is 0 Å².